The van der Waals surface area contributed by atoms with Gasteiger partial charge in [0.05, 0.1) is 11.4 Å². The van der Waals surface area contributed by atoms with Gasteiger partial charge in [-0.25, -0.2) is 9.97 Å². The van der Waals surface area contributed by atoms with E-state index in [1.807, 2.05) is 10.8 Å². The van der Waals surface area contributed by atoms with Crippen molar-refractivity contribution < 1.29 is 0 Å². The van der Waals surface area contributed by atoms with Crippen LogP contribution in [0.5, 0.6) is 0 Å². The predicted octanol–water partition coefficient (Wildman–Crippen LogP) is 3.35. The Balaban J connectivity index is 2.28. The number of halogens is 1. The zero-order valence-corrected chi connectivity index (χ0v) is 11.0. The second kappa shape index (κ2) is 4.45. The first-order valence-corrected chi connectivity index (χ1v) is 6.75. The normalized spacial score (nSPS) is 11.2. The topological polar surface area (TPSA) is 30.7 Å². The molecule has 0 radical (unpaired) electrons. The van der Waals surface area contributed by atoms with Gasteiger partial charge in [0.1, 0.15) is 6.33 Å². The Morgan fingerprint density at radius 1 is 1.53 bits per heavy atom. The SMILES string of the molecule is CC(C)c1csc(-n2cnc(CBr)c2)n1. The summed E-state index contributed by atoms with van der Waals surface area (Å²) >= 11 is 5.03. The third kappa shape index (κ3) is 2.29. The highest BCUT2D eigenvalue weighted by molar-refractivity contribution is 9.08. The van der Waals surface area contributed by atoms with Gasteiger partial charge in [-0.15, -0.1) is 11.3 Å². The van der Waals surface area contributed by atoms with E-state index in [0.717, 1.165) is 21.8 Å². The third-order valence-corrected chi connectivity index (χ3v) is 3.54. The van der Waals surface area contributed by atoms with Crippen molar-refractivity contribution in [2.24, 2.45) is 0 Å². The second-order valence-electron chi connectivity index (χ2n) is 3.62. The van der Waals surface area contributed by atoms with Gasteiger partial charge in [-0.3, -0.25) is 4.57 Å². The average Bonchev–Trinajstić information content (AvgIpc) is 2.86. The minimum atomic E-state index is 0.481. The third-order valence-electron chi connectivity index (χ3n) is 2.10. The van der Waals surface area contributed by atoms with Crippen LogP contribution in [0.4, 0.5) is 0 Å². The summed E-state index contributed by atoms with van der Waals surface area (Å²) in [5.41, 5.74) is 2.17. The van der Waals surface area contributed by atoms with Crippen molar-refractivity contribution in [3.63, 3.8) is 0 Å². The minimum absolute atomic E-state index is 0.481. The number of imidazole rings is 1. The molecule has 2 rings (SSSR count). The lowest BCUT2D eigenvalue weighted by Crippen LogP contribution is -1.91. The van der Waals surface area contributed by atoms with Crippen LogP contribution in [0.15, 0.2) is 17.9 Å². The molecule has 5 heteroatoms. The van der Waals surface area contributed by atoms with Crippen LogP contribution >= 0.6 is 27.3 Å². The van der Waals surface area contributed by atoms with Crippen LogP contribution < -0.4 is 0 Å². The summed E-state index contributed by atoms with van der Waals surface area (Å²) in [5.74, 6) is 0.481. The summed E-state index contributed by atoms with van der Waals surface area (Å²) in [6, 6.07) is 0. The average molecular weight is 286 g/mol. The standard InChI is InChI=1S/C10H12BrN3S/c1-7(2)9-5-15-10(13-9)14-4-8(3-11)12-6-14/h4-7H,3H2,1-2H3. The maximum absolute atomic E-state index is 4.55. The van der Waals surface area contributed by atoms with Gasteiger partial charge >= 0.3 is 0 Å². The molecule has 0 aliphatic carbocycles. The van der Waals surface area contributed by atoms with Gasteiger partial charge in [0, 0.05) is 16.9 Å². The van der Waals surface area contributed by atoms with Crippen LogP contribution in [0.3, 0.4) is 0 Å². The monoisotopic (exact) mass is 285 g/mol. The summed E-state index contributed by atoms with van der Waals surface area (Å²) in [4.78, 5) is 8.80. The van der Waals surface area contributed by atoms with Gasteiger partial charge in [-0.2, -0.15) is 0 Å². The van der Waals surface area contributed by atoms with Crippen molar-refractivity contribution in [2.45, 2.75) is 25.1 Å². The molecule has 0 amide bonds. The molecule has 80 valence electrons. The van der Waals surface area contributed by atoms with E-state index < -0.39 is 0 Å². The van der Waals surface area contributed by atoms with E-state index in [9.17, 15) is 0 Å². The molecule has 0 aliphatic rings. The molecule has 0 unspecified atom stereocenters. The van der Waals surface area contributed by atoms with Gasteiger partial charge in [-0.1, -0.05) is 29.8 Å². The summed E-state index contributed by atoms with van der Waals surface area (Å²) in [6.07, 6.45) is 3.80. The van der Waals surface area contributed by atoms with Crippen molar-refractivity contribution in [1.29, 1.82) is 0 Å². The van der Waals surface area contributed by atoms with Crippen LogP contribution in [0, 0.1) is 0 Å². The predicted molar refractivity (Wildman–Crippen MR) is 66.0 cm³/mol. The molecule has 0 aliphatic heterocycles. The lowest BCUT2D eigenvalue weighted by molar-refractivity contribution is 0.824. The van der Waals surface area contributed by atoms with E-state index in [2.05, 4.69) is 45.1 Å². The van der Waals surface area contributed by atoms with E-state index in [-0.39, 0.29) is 0 Å². The molecule has 15 heavy (non-hydrogen) atoms. The quantitative estimate of drug-likeness (QED) is 0.810. The number of alkyl halides is 1. The largest absolute Gasteiger partial charge is 0.281 e. The molecule has 0 atom stereocenters. The fraction of sp³-hybridized carbons (Fsp3) is 0.400. The van der Waals surface area contributed by atoms with Crippen molar-refractivity contribution >= 4 is 27.3 Å². The van der Waals surface area contributed by atoms with Gasteiger partial charge in [0.2, 0.25) is 0 Å². The molecule has 0 saturated heterocycles. The van der Waals surface area contributed by atoms with Crippen molar-refractivity contribution in [1.82, 2.24) is 14.5 Å². The molecule has 3 nitrogen and oxygen atoms in total. The highest BCUT2D eigenvalue weighted by Gasteiger charge is 2.07. The van der Waals surface area contributed by atoms with E-state index in [4.69, 9.17) is 0 Å². The molecular formula is C10H12BrN3S. The molecular weight excluding hydrogens is 274 g/mol. The molecule has 0 fully saturated rings. The first-order chi connectivity index (χ1) is 7.20. The minimum Gasteiger partial charge on any atom is -0.281 e. The van der Waals surface area contributed by atoms with Crippen LogP contribution in [0.1, 0.15) is 31.2 Å². The number of hydrogen-bond acceptors (Lipinski definition) is 3. The first kappa shape index (κ1) is 10.8. The lowest BCUT2D eigenvalue weighted by atomic mass is 10.2. The van der Waals surface area contributed by atoms with Crippen molar-refractivity contribution in [2.75, 3.05) is 0 Å². The Hall–Kier alpha value is -0.680. The molecule has 0 spiro atoms. The van der Waals surface area contributed by atoms with Gasteiger partial charge in [0.15, 0.2) is 5.13 Å². The van der Waals surface area contributed by atoms with E-state index >= 15 is 0 Å². The van der Waals surface area contributed by atoms with Crippen LogP contribution in [-0.4, -0.2) is 14.5 Å². The number of nitrogens with zero attached hydrogens (tertiary/aromatic N) is 3. The van der Waals surface area contributed by atoms with Gasteiger partial charge in [0.25, 0.3) is 0 Å². The Morgan fingerprint density at radius 3 is 2.87 bits per heavy atom. The van der Waals surface area contributed by atoms with E-state index in [1.165, 1.54) is 0 Å². The van der Waals surface area contributed by atoms with Gasteiger partial charge in [-0.05, 0) is 5.92 Å². The van der Waals surface area contributed by atoms with Crippen LogP contribution in [0.25, 0.3) is 5.13 Å². The summed E-state index contributed by atoms with van der Waals surface area (Å²) < 4.78 is 1.97. The highest BCUT2D eigenvalue weighted by Crippen LogP contribution is 2.21. The Bertz CT molecular complexity index is 447. The summed E-state index contributed by atoms with van der Waals surface area (Å²) in [7, 11) is 0. The molecule has 2 aromatic rings. The zero-order valence-electron chi connectivity index (χ0n) is 8.64. The Kier molecular flexibility index (Phi) is 3.21. The van der Waals surface area contributed by atoms with E-state index in [0.29, 0.717) is 5.92 Å². The number of hydrogen-bond donors (Lipinski definition) is 0. The first-order valence-electron chi connectivity index (χ1n) is 4.75. The molecule has 0 saturated carbocycles. The molecule has 0 bridgehead atoms. The van der Waals surface area contributed by atoms with E-state index in [1.54, 1.807) is 17.7 Å². The second-order valence-corrected chi connectivity index (χ2v) is 5.01. The zero-order chi connectivity index (χ0) is 10.8. The Morgan fingerprint density at radius 2 is 2.33 bits per heavy atom. The number of thiazole rings is 1. The summed E-state index contributed by atoms with van der Waals surface area (Å²) in [5, 5.41) is 3.87. The fourth-order valence-corrected chi connectivity index (χ4v) is 2.42. The lowest BCUT2D eigenvalue weighted by Gasteiger charge is -1.97. The molecule has 2 heterocycles. The molecule has 0 N–H and O–H groups in total. The van der Waals surface area contributed by atoms with Crippen LogP contribution in [-0.2, 0) is 5.33 Å². The Labute approximate surface area is 101 Å². The van der Waals surface area contributed by atoms with Crippen molar-refractivity contribution in [3.05, 3.63) is 29.3 Å². The van der Waals surface area contributed by atoms with Gasteiger partial charge < -0.3 is 0 Å². The fourth-order valence-electron chi connectivity index (χ4n) is 1.20. The smallest absolute Gasteiger partial charge is 0.195 e. The maximum Gasteiger partial charge on any atom is 0.195 e. The molecule has 0 aromatic carbocycles. The van der Waals surface area contributed by atoms with Crippen LogP contribution in [0.2, 0.25) is 0 Å². The summed E-state index contributed by atoms with van der Waals surface area (Å²) in [6.45, 7) is 4.30. The highest BCUT2D eigenvalue weighted by atomic mass is 79.9. The number of aromatic nitrogens is 3. The number of rotatable bonds is 3. The molecule has 2 aromatic heterocycles. The maximum atomic E-state index is 4.55. The van der Waals surface area contributed by atoms with Crippen molar-refractivity contribution in [3.8, 4) is 5.13 Å².